The van der Waals surface area contributed by atoms with Crippen LogP contribution in [-0.4, -0.2) is 50.7 Å². The third kappa shape index (κ3) is 11.3. The van der Waals surface area contributed by atoms with Crippen molar-refractivity contribution >= 4 is 47.1 Å². The zero-order chi connectivity index (χ0) is 29.6. The molecule has 0 bridgehead atoms. The lowest BCUT2D eigenvalue weighted by Crippen LogP contribution is -1.99. The molecule has 0 aromatic heterocycles. The van der Waals surface area contributed by atoms with E-state index < -0.39 is 0 Å². The summed E-state index contributed by atoms with van der Waals surface area (Å²) in [5.74, 6) is 1.40. The molecule has 2 aromatic rings. The highest BCUT2D eigenvalue weighted by atomic mass is 16.5. The molecule has 12 nitrogen and oxygen atoms in total. The van der Waals surface area contributed by atoms with E-state index >= 15 is 0 Å². The van der Waals surface area contributed by atoms with Crippen molar-refractivity contribution in [1.29, 1.82) is 0 Å². The Morgan fingerprint density at radius 3 is 1.00 bits per heavy atom. The van der Waals surface area contributed by atoms with Gasteiger partial charge in [-0.2, -0.15) is 20.0 Å². The number of nitrogens with zero attached hydrogens (tertiary/aromatic N) is 4. The van der Waals surface area contributed by atoms with Gasteiger partial charge in [0.15, 0.2) is 0 Å². The predicted octanol–water partition coefficient (Wildman–Crippen LogP) is 6.40. The van der Waals surface area contributed by atoms with Crippen molar-refractivity contribution < 1.29 is 38.1 Å². The normalized spacial score (nSPS) is 9.30. The van der Waals surface area contributed by atoms with E-state index in [0.717, 1.165) is 25.7 Å². The summed E-state index contributed by atoms with van der Waals surface area (Å²) in [4.78, 5) is 56.1. The Balaban J connectivity index is 0.000000408. The zero-order valence-electron chi connectivity index (χ0n) is 23.0. The second kappa shape index (κ2) is 20.2. The highest BCUT2D eigenvalue weighted by Crippen LogP contribution is 2.40. The average molecular weight is 553 g/mol. The van der Waals surface area contributed by atoms with Crippen LogP contribution in [0.5, 0.6) is 23.0 Å². The van der Waals surface area contributed by atoms with Gasteiger partial charge in [-0.05, 0) is 26.7 Å². The lowest BCUT2D eigenvalue weighted by Gasteiger charge is -2.12. The maximum atomic E-state index is 10.6. The Morgan fingerprint density at radius 2 is 0.775 bits per heavy atom. The van der Waals surface area contributed by atoms with Gasteiger partial charge < -0.3 is 18.9 Å². The number of carbonyl (C=O) groups excluding carboxylic acids is 4. The minimum Gasteiger partial charge on any atom is -0.491 e. The van der Waals surface area contributed by atoms with Crippen LogP contribution < -0.4 is 18.9 Å². The summed E-state index contributed by atoms with van der Waals surface area (Å²) in [6.07, 6.45) is 9.54. The molecule has 0 unspecified atom stereocenters. The number of rotatable bonds is 16. The van der Waals surface area contributed by atoms with Crippen LogP contribution in [0.4, 0.5) is 22.7 Å². The van der Waals surface area contributed by atoms with E-state index in [4.69, 9.17) is 18.9 Å². The molecule has 2 rings (SSSR count). The second-order valence-electron chi connectivity index (χ2n) is 7.66. The summed E-state index contributed by atoms with van der Waals surface area (Å²) in [6.45, 7) is 9.40. The van der Waals surface area contributed by atoms with Gasteiger partial charge >= 0.3 is 0 Å². The molecule has 0 N–H and O–H groups in total. The number of unbranched alkanes of at least 4 members (excludes halogenated alkanes) is 2. The van der Waals surface area contributed by atoms with Gasteiger partial charge in [-0.1, -0.05) is 26.7 Å². The van der Waals surface area contributed by atoms with E-state index in [1.165, 1.54) is 48.6 Å². The van der Waals surface area contributed by atoms with Gasteiger partial charge in [0.25, 0.3) is 0 Å². The van der Waals surface area contributed by atoms with Crippen LogP contribution in [0.25, 0.3) is 0 Å². The summed E-state index contributed by atoms with van der Waals surface area (Å²) >= 11 is 0. The van der Waals surface area contributed by atoms with Crippen molar-refractivity contribution in [3.63, 3.8) is 0 Å². The van der Waals surface area contributed by atoms with Gasteiger partial charge in [0.05, 0.1) is 26.4 Å². The van der Waals surface area contributed by atoms with Crippen molar-refractivity contribution in [2.75, 3.05) is 26.4 Å². The van der Waals surface area contributed by atoms with E-state index in [0.29, 0.717) is 60.8 Å². The van der Waals surface area contributed by atoms with E-state index in [-0.39, 0.29) is 11.4 Å². The molecule has 12 heteroatoms. The Morgan fingerprint density at radius 1 is 0.500 bits per heavy atom. The number of isocyanates is 4. The molecular weight excluding hydrogens is 520 g/mol. The smallest absolute Gasteiger partial charge is 0.240 e. The van der Waals surface area contributed by atoms with Crippen LogP contribution in [-0.2, 0) is 19.2 Å². The monoisotopic (exact) mass is 552 g/mol. The third-order valence-electron chi connectivity index (χ3n) is 4.86. The number of benzene rings is 2. The van der Waals surface area contributed by atoms with E-state index in [2.05, 4.69) is 20.0 Å². The molecule has 0 radical (unpaired) electrons. The van der Waals surface area contributed by atoms with Crippen molar-refractivity contribution in [1.82, 2.24) is 0 Å². The van der Waals surface area contributed by atoms with Gasteiger partial charge in [-0.25, -0.2) is 19.2 Å². The number of hydrogen-bond acceptors (Lipinski definition) is 12. The number of aliphatic imine (C=N–C) groups is 4. The molecule has 0 aliphatic carbocycles. The standard InChI is InChI=1S/C16H20N2O4.C12H12N2O4/c1-3-5-7-21-15-9-14(18-12-20)16(22-8-6-4-2)10-13(15)17-11-19;1-3-17-11-5-10(14-8-16)12(18-4-2)6-9(11)13-7-15/h9-10H,3-8H2,1-2H3;5-6H,3-4H2,1-2H3. The summed E-state index contributed by atoms with van der Waals surface area (Å²) in [5, 5.41) is 0. The molecule has 2 aromatic carbocycles. The van der Waals surface area contributed by atoms with Crippen LogP contribution in [0.3, 0.4) is 0 Å². The lowest BCUT2D eigenvalue weighted by molar-refractivity contribution is 0.303. The first-order chi connectivity index (χ1) is 19.5. The molecule has 0 aliphatic rings. The van der Waals surface area contributed by atoms with Crippen LogP contribution in [0, 0.1) is 0 Å². The molecule has 0 atom stereocenters. The largest absolute Gasteiger partial charge is 0.491 e. The summed E-state index contributed by atoms with van der Waals surface area (Å²) < 4.78 is 21.7. The molecule has 0 saturated heterocycles. The number of hydrogen-bond donors (Lipinski definition) is 0. The first-order valence-corrected chi connectivity index (χ1v) is 12.7. The maximum absolute atomic E-state index is 10.6. The topological polar surface area (TPSA) is 155 Å². The first kappa shape index (κ1) is 33.2. The zero-order valence-corrected chi connectivity index (χ0v) is 23.0. The lowest BCUT2D eigenvalue weighted by atomic mass is 10.2. The van der Waals surface area contributed by atoms with E-state index in [1.54, 1.807) is 13.8 Å². The molecule has 0 amide bonds. The van der Waals surface area contributed by atoms with Gasteiger partial charge in [0, 0.05) is 24.3 Å². The molecule has 0 spiro atoms. The third-order valence-corrected chi connectivity index (χ3v) is 4.86. The fraction of sp³-hybridized carbons (Fsp3) is 0.429. The second-order valence-corrected chi connectivity index (χ2v) is 7.66. The Hall–Kier alpha value is -4.84. The van der Waals surface area contributed by atoms with Crippen LogP contribution >= 0.6 is 0 Å². The maximum Gasteiger partial charge on any atom is 0.240 e. The SMILES string of the molecule is CCCCOc1cc(N=C=O)c(OCCCC)cc1N=C=O.CCOc1cc(N=C=O)c(OCC)cc1N=C=O. The first-order valence-electron chi connectivity index (χ1n) is 12.7. The van der Waals surface area contributed by atoms with Crippen LogP contribution in [0.2, 0.25) is 0 Å². The Labute approximate surface area is 232 Å². The molecule has 0 saturated carbocycles. The van der Waals surface area contributed by atoms with Crippen molar-refractivity contribution in [2.24, 2.45) is 20.0 Å². The van der Waals surface area contributed by atoms with Crippen LogP contribution in [0.1, 0.15) is 53.4 Å². The van der Waals surface area contributed by atoms with Gasteiger partial charge in [-0.15, -0.1) is 0 Å². The minimum atomic E-state index is 0.278. The summed E-state index contributed by atoms with van der Waals surface area (Å²) in [5.41, 5.74) is 1.17. The molecule has 0 heterocycles. The van der Waals surface area contributed by atoms with E-state index in [1.807, 2.05) is 13.8 Å². The average Bonchev–Trinajstić information content (AvgIpc) is 2.94. The van der Waals surface area contributed by atoms with Gasteiger partial charge in [0.2, 0.25) is 24.3 Å². The van der Waals surface area contributed by atoms with E-state index in [9.17, 15) is 19.2 Å². The van der Waals surface area contributed by atoms with Gasteiger partial charge in [0.1, 0.15) is 45.7 Å². The van der Waals surface area contributed by atoms with Crippen molar-refractivity contribution in [3.8, 4) is 23.0 Å². The summed E-state index contributed by atoms with van der Waals surface area (Å²) in [7, 11) is 0. The van der Waals surface area contributed by atoms with Crippen LogP contribution in [0.15, 0.2) is 44.2 Å². The quantitative estimate of drug-likeness (QED) is 0.132. The summed E-state index contributed by atoms with van der Waals surface area (Å²) in [6, 6.07) is 5.99. The highest BCUT2D eigenvalue weighted by Gasteiger charge is 2.13. The van der Waals surface area contributed by atoms with Crippen molar-refractivity contribution in [2.45, 2.75) is 53.4 Å². The predicted molar refractivity (Wildman–Crippen MR) is 147 cm³/mol. The minimum absolute atomic E-state index is 0.278. The highest BCUT2D eigenvalue weighted by molar-refractivity contribution is 5.71. The molecule has 0 aliphatic heterocycles. The number of ether oxygens (including phenoxy) is 4. The Bertz CT molecular complexity index is 1190. The van der Waals surface area contributed by atoms with Crippen molar-refractivity contribution in [3.05, 3.63) is 24.3 Å². The van der Waals surface area contributed by atoms with Gasteiger partial charge in [-0.3, -0.25) is 0 Å². The molecule has 212 valence electrons. The molecule has 40 heavy (non-hydrogen) atoms. The Kier molecular flexibility index (Phi) is 16.7. The molecule has 0 fully saturated rings. The fourth-order valence-electron chi connectivity index (χ4n) is 3.05. The molecular formula is C28H32N4O8. The fourth-order valence-corrected chi connectivity index (χ4v) is 3.05.